The third-order valence-electron chi connectivity index (χ3n) is 2.33. The van der Waals surface area contributed by atoms with E-state index in [1.807, 2.05) is 13.8 Å². The van der Waals surface area contributed by atoms with E-state index >= 15 is 0 Å². The molecule has 0 saturated heterocycles. The molecule has 84 valence electrons. The number of carbonyl (C=O) groups is 1. The number of amides is 1. The molecule has 0 aromatic carbocycles. The molecule has 0 spiro atoms. The molecule has 0 aliphatic heterocycles. The van der Waals surface area contributed by atoms with Crippen LogP contribution in [0.4, 0.5) is 0 Å². The molecular formula is C9H15BrN4O. The molecule has 6 heteroatoms. The maximum absolute atomic E-state index is 11.1. The minimum absolute atomic E-state index is 0.278. The fourth-order valence-electron chi connectivity index (χ4n) is 1.22. The predicted octanol–water partition coefficient (Wildman–Crippen LogP) is 0.465. The smallest absolute Gasteiger partial charge is 0.239 e. The van der Waals surface area contributed by atoms with Crippen molar-refractivity contribution in [2.45, 2.75) is 32.9 Å². The lowest BCUT2D eigenvalue weighted by molar-refractivity contribution is -0.123. The van der Waals surface area contributed by atoms with Crippen LogP contribution in [0, 0.1) is 13.8 Å². The first-order chi connectivity index (χ1) is 6.75. The Balaban J connectivity index is 3.00. The van der Waals surface area contributed by atoms with Gasteiger partial charge in [0.05, 0.1) is 16.7 Å². The van der Waals surface area contributed by atoms with Gasteiger partial charge in [0.15, 0.2) is 0 Å². The first-order valence-electron chi connectivity index (χ1n) is 4.54. The van der Waals surface area contributed by atoms with Crippen LogP contribution in [0.1, 0.15) is 18.3 Å². The lowest BCUT2D eigenvalue weighted by Crippen LogP contribution is -2.52. The van der Waals surface area contributed by atoms with Crippen LogP contribution in [0.5, 0.6) is 0 Å². The maximum Gasteiger partial charge on any atom is 0.239 e. The van der Waals surface area contributed by atoms with Crippen molar-refractivity contribution < 1.29 is 4.79 Å². The number of aromatic nitrogens is 2. The second-order valence-corrected chi connectivity index (χ2v) is 4.72. The maximum atomic E-state index is 11.1. The van der Waals surface area contributed by atoms with Crippen molar-refractivity contribution in [3.63, 3.8) is 0 Å². The van der Waals surface area contributed by atoms with E-state index in [1.54, 1.807) is 11.6 Å². The van der Waals surface area contributed by atoms with Crippen molar-refractivity contribution in [2.75, 3.05) is 0 Å². The molecule has 1 rings (SSSR count). The van der Waals surface area contributed by atoms with Crippen molar-refractivity contribution >= 4 is 21.8 Å². The summed E-state index contributed by atoms with van der Waals surface area (Å²) in [5, 5.41) is 4.26. The molecule has 0 aliphatic rings. The molecule has 1 amide bonds. The Hall–Kier alpha value is -0.880. The van der Waals surface area contributed by atoms with Crippen LogP contribution in [0.3, 0.4) is 0 Å². The highest BCUT2D eigenvalue weighted by molar-refractivity contribution is 9.10. The first-order valence-corrected chi connectivity index (χ1v) is 5.33. The number of nitrogens with zero attached hydrogens (tertiary/aromatic N) is 2. The summed E-state index contributed by atoms with van der Waals surface area (Å²) in [6.07, 6.45) is 0. The molecule has 0 aliphatic carbocycles. The van der Waals surface area contributed by atoms with Gasteiger partial charge in [-0.15, -0.1) is 0 Å². The number of hydrogen-bond acceptors (Lipinski definition) is 3. The van der Waals surface area contributed by atoms with Gasteiger partial charge in [-0.3, -0.25) is 9.48 Å². The van der Waals surface area contributed by atoms with Gasteiger partial charge < -0.3 is 11.5 Å². The number of halogens is 1. The molecular weight excluding hydrogens is 260 g/mol. The van der Waals surface area contributed by atoms with E-state index in [0.29, 0.717) is 0 Å². The summed E-state index contributed by atoms with van der Waals surface area (Å²) in [5.41, 5.74) is 11.7. The van der Waals surface area contributed by atoms with E-state index in [4.69, 9.17) is 11.5 Å². The Kier molecular flexibility index (Phi) is 3.20. The van der Waals surface area contributed by atoms with Crippen molar-refractivity contribution in [3.05, 3.63) is 15.9 Å². The monoisotopic (exact) mass is 274 g/mol. The van der Waals surface area contributed by atoms with Crippen LogP contribution in [0.25, 0.3) is 0 Å². The van der Waals surface area contributed by atoms with Crippen LogP contribution in [-0.4, -0.2) is 21.2 Å². The van der Waals surface area contributed by atoms with Gasteiger partial charge in [0.25, 0.3) is 0 Å². The Morgan fingerprint density at radius 2 is 2.13 bits per heavy atom. The Morgan fingerprint density at radius 3 is 2.47 bits per heavy atom. The van der Waals surface area contributed by atoms with Crippen LogP contribution in [0.2, 0.25) is 0 Å². The summed E-state index contributed by atoms with van der Waals surface area (Å²) in [5.74, 6) is -0.536. The van der Waals surface area contributed by atoms with Crippen LogP contribution in [-0.2, 0) is 11.3 Å². The third-order valence-corrected chi connectivity index (χ3v) is 3.48. The molecule has 1 atom stereocenters. The first kappa shape index (κ1) is 12.2. The highest BCUT2D eigenvalue weighted by atomic mass is 79.9. The fraction of sp³-hybridized carbons (Fsp3) is 0.556. The molecule has 4 N–H and O–H groups in total. The van der Waals surface area contributed by atoms with E-state index < -0.39 is 11.4 Å². The number of primary amides is 1. The number of rotatable bonds is 3. The summed E-state index contributed by atoms with van der Waals surface area (Å²) in [6.45, 7) is 5.66. The van der Waals surface area contributed by atoms with E-state index in [9.17, 15) is 4.79 Å². The molecule has 0 bridgehead atoms. The van der Waals surface area contributed by atoms with E-state index in [1.165, 1.54) is 0 Å². The summed E-state index contributed by atoms with van der Waals surface area (Å²) in [4.78, 5) is 11.1. The Morgan fingerprint density at radius 1 is 1.60 bits per heavy atom. The zero-order valence-corrected chi connectivity index (χ0v) is 10.6. The zero-order valence-electron chi connectivity index (χ0n) is 9.04. The summed E-state index contributed by atoms with van der Waals surface area (Å²) >= 11 is 3.40. The highest BCUT2D eigenvalue weighted by Gasteiger charge is 2.27. The molecule has 5 nitrogen and oxygen atoms in total. The van der Waals surface area contributed by atoms with Crippen molar-refractivity contribution in [3.8, 4) is 0 Å². The van der Waals surface area contributed by atoms with Gasteiger partial charge in [0, 0.05) is 5.69 Å². The predicted molar refractivity (Wildman–Crippen MR) is 61.2 cm³/mol. The van der Waals surface area contributed by atoms with Gasteiger partial charge in [-0.2, -0.15) is 5.10 Å². The largest absolute Gasteiger partial charge is 0.368 e. The molecule has 0 saturated carbocycles. The molecule has 1 unspecified atom stereocenters. The van der Waals surface area contributed by atoms with Gasteiger partial charge in [-0.1, -0.05) is 0 Å². The normalized spacial score (nSPS) is 15.0. The van der Waals surface area contributed by atoms with E-state index in [0.717, 1.165) is 15.9 Å². The Labute approximate surface area is 96.9 Å². The topological polar surface area (TPSA) is 86.9 Å². The van der Waals surface area contributed by atoms with Crippen molar-refractivity contribution in [1.82, 2.24) is 9.78 Å². The lowest BCUT2D eigenvalue weighted by Gasteiger charge is -2.20. The standard InChI is InChI=1S/C9H15BrN4O/c1-5-7(10)6(2)14(13-5)4-9(3,12)8(11)15/h4,12H2,1-3H3,(H2,11,15). The average Bonchev–Trinajstić information content (AvgIpc) is 2.33. The molecule has 1 aromatic rings. The van der Waals surface area contributed by atoms with Crippen LogP contribution < -0.4 is 11.5 Å². The van der Waals surface area contributed by atoms with Crippen LogP contribution >= 0.6 is 15.9 Å². The molecule has 0 radical (unpaired) electrons. The molecule has 15 heavy (non-hydrogen) atoms. The quantitative estimate of drug-likeness (QED) is 0.840. The molecule has 1 heterocycles. The molecule has 0 fully saturated rings. The van der Waals surface area contributed by atoms with Gasteiger partial charge in [-0.25, -0.2) is 0 Å². The highest BCUT2D eigenvalue weighted by Crippen LogP contribution is 2.20. The minimum atomic E-state index is -1.08. The second kappa shape index (κ2) is 3.94. The van der Waals surface area contributed by atoms with Gasteiger partial charge in [0.2, 0.25) is 5.91 Å². The van der Waals surface area contributed by atoms with Gasteiger partial charge in [-0.05, 0) is 36.7 Å². The zero-order chi connectivity index (χ0) is 11.8. The Bertz CT molecular complexity index is 397. The average molecular weight is 275 g/mol. The summed E-state index contributed by atoms with van der Waals surface area (Å²) in [6, 6.07) is 0. The van der Waals surface area contributed by atoms with Crippen molar-refractivity contribution in [1.29, 1.82) is 0 Å². The van der Waals surface area contributed by atoms with Gasteiger partial charge in [0.1, 0.15) is 5.54 Å². The lowest BCUT2D eigenvalue weighted by atomic mass is 10.0. The van der Waals surface area contributed by atoms with E-state index in [2.05, 4.69) is 21.0 Å². The molecule has 1 aromatic heterocycles. The van der Waals surface area contributed by atoms with Gasteiger partial charge >= 0.3 is 0 Å². The SMILES string of the molecule is Cc1nn(CC(C)(N)C(N)=O)c(C)c1Br. The second-order valence-electron chi connectivity index (χ2n) is 3.92. The van der Waals surface area contributed by atoms with Crippen molar-refractivity contribution in [2.24, 2.45) is 11.5 Å². The van der Waals surface area contributed by atoms with Crippen LogP contribution in [0.15, 0.2) is 4.47 Å². The fourth-order valence-corrected chi connectivity index (χ4v) is 1.50. The minimum Gasteiger partial charge on any atom is -0.368 e. The summed E-state index contributed by atoms with van der Waals surface area (Å²) < 4.78 is 2.62. The third kappa shape index (κ3) is 2.38. The number of carbonyl (C=O) groups excluding carboxylic acids is 1. The summed E-state index contributed by atoms with van der Waals surface area (Å²) in [7, 11) is 0. The number of aryl methyl sites for hydroxylation is 1. The number of hydrogen-bond donors (Lipinski definition) is 2. The van der Waals surface area contributed by atoms with E-state index in [-0.39, 0.29) is 6.54 Å². The number of nitrogens with two attached hydrogens (primary N) is 2.